The van der Waals surface area contributed by atoms with Crippen molar-refractivity contribution in [2.75, 3.05) is 31.4 Å². The standard InChI is InChI=1S/C11H17N3OS/c1-14(6-7-15)8-4-3-5-9(16-2)10(8)11(12)13/h3-5,15H,6-7H2,1-2H3,(H3,12,13). The molecule has 0 radical (unpaired) electrons. The summed E-state index contributed by atoms with van der Waals surface area (Å²) in [6, 6.07) is 5.78. The van der Waals surface area contributed by atoms with Gasteiger partial charge in [-0.1, -0.05) is 6.07 Å². The molecule has 0 amide bonds. The first-order chi connectivity index (χ1) is 7.61. The first-order valence-corrected chi connectivity index (χ1v) is 6.17. The number of thioether (sulfide) groups is 1. The summed E-state index contributed by atoms with van der Waals surface area (Å²) >= 11 is 1.56. The molecule has 4 nitrogen and oxygen atoms in total. The van der Waals surface area contributed by atoms with Crippen molar-refractivity contribution >= 4 is 23.3 Å². The second kappa shape index (κ2) is 5.77. The second-order valence-electron chi connectivity index (χ2n) is 3.41. The zero-order valence-corrected chi connectivity index (χ0v) is 10.3. The van der Waals surface area contributed by atoms with Crippen LogP contribution < -0.4 is 10.6 Å². The monoisotopic (exact) mass is 239 g/mol. The van der Waals surface area contributed by atoms with Gasteiger partial charge in [-0.2, -0.15) is 0 Å². The fourth-order valence-corrected chi connectivity index (χ4v) is 2.18. The fraction of sp³-hybridized carbons (Fsp3) is 0.364. The van der Waals surface area contributed by atoms with E-state index < -0.39 is 0 Å². The molecule has 1 aromatic carbocycles. The number of nitrogens with zero attached hydrogens (tertiary/aromatic N) is 1. The lowest BCUT2D eigenvalue weighted by atomic mass is 10.1. The Labute approximate surface area is 100.0 Å². The van der Waals surface area contributed by atoms with Gasteiger partial charge in [0, 0.05) is 24.2 Å². The lowest BCUT2D eigenvalue weighted by Crippen LogP contribution is -2.25. The van der Waals surface area contributed by atoms with Crippen LogP contribution in [0.5, 0.6) is 0 Å². The van der Waals surface area contributed by atoms with E-state index in [2.05, 4.69) is 0 Å². The predicted octanol–water partition coefficient (Wildman–Crippen LogP) is 1.12. The van der Waals surface area contributed by atoms with E-state index in [0.717, 1.165) is 16.1 Å². The van der Waals surface area contributed by atoms with E-state index in [1.165, 1.54) is 0 Å². The summed E-state index contributed by atoms with van der Waals surface area (Å²) in [6.07, 6.45) is 1.96. The molecule has 88 valence electrons. The van der Waals surface area contributed by atoms with E-state index in [9.17, 15) is 0 Å². The highest BCUT2D eigenvalue weighted by Gasteiger charge is 2.13. The normalized spacial score (nSPS) is 10.2. The third-order valence-electron chi connectivity index (χ3n) is 2.34. The molecule has 4 N–H and O–H groups in total. The Kier molecular flexibility index (Phi) is 4.64. The van der Waals surface area contributed by atoms with Crippen LogP contribution in [0.3, 0.4) is 0 Å². The largest absolute Gasteiger partial charge is 0.395 e. The van der Waals surface area contributed by atoms with E-state index in [-0.39, 0.29) is 12.4 Å². The third kappa shape index (κ3) is 2.68. The minimum absolute atomic E-state index is 0.0599. The number of aliphatic hydroxyl groups excluding tert-OH is 1. The van der Waals surface area contributed by atoms with Gasteiger partial charge >= 0.3 is 0 Å². The zero-order valence-electron chi connectivity index (χ0n) is 9.53. The number of nitrogen functional groups attached to an aromatic ring is 1. The molecular formula is C11H17N3OS. The molecular weight excluding hydrogens is 222 g/mol. The van der Waals surface area contributed by atoms with Gasteiger partial charge in [0.05, 0.1) is 12.2 Å². The van der Waals surface area contributed by atoms with E-state index in [1.54, 1.807) is 11.8 Å². The molecule has 1 rings (SSSR count). The van der Waals surface area contributed by atoms with Crippen molar-refractivity contribution in [1.29, 1.82) is 5.41 Å². The average Bonchev–Trinajstić information content (AvgIpc) is 2.28. The molecule has 0 heterocycles. The number of likely N-dealkylation sites (N-methyl/N-ethyl adjacent to an activating group) is 1. The summed E-state index contributed by atoms with van der Waals surface area (Å²) in [5.74, 6) is 0.0599. The number of hydrogen-bond donors (Lipinski definition) is 3. The number of hydrogen-bond acceptors (Lipinski definition) is 4. The Morgan fingerprint density at radius 3 is 2.75 bits per heavy atom. The summed E-state index contributed by atoms with van der Waals surface area (Å²) in [5, 5.41) is 16.5. The number of nitrogens with two attached hydrogens (primary N) is 1. The van der Waals surface area contributed by atoms with Crippen LogP contribution in [0.15, 0.2) is 23.1 Å². The van der Waals surface area contributed by atoms with Crippen molar-refractivity contribution in [3.05, 3.63) is 23.8 Å². The van der Waals surface area contributed by atoms with E-state index >= 15 is 0 Å². The highest BCUT2D eigenvalue weighted by Crippen LogP contribution is 2.28. The maximum absolute atomic E-state index is 8.92. The molecule has 16 heavy (non-hydrogen) atoms. The summed E-state index contributed by atoms with van der Waals surface area (Å²) in [7, 11) is 1.88. The lowest BCUT2D eigenvalue weighted by Gasteiger charge is -2.22. The molecule has 0 atom stereocenters. The summed E-state index contributed by atoms with van der Waals surface area (Å²) in [6.45, 7) is 0.607. The molecule has 0 spiro atoms. The van der Waals surface area contributed by atoms with Crippen LogP contribution in [0.1, 0.15) is 5.56 Å². The Bertz CT molecular complexity index is 381. The minimum atomic E-state index is 0.0599. The lowest BCUT2D eigenvalue weighted by molar-refractivity contribution is 0.304. The number of nitrogens with one attached hydrogen (secondary N) is 1. The van der Waals surface area contributed by atoms with Gasteiger partial charge < -0.3 is 15.7 Å². The van der Waals surface area contributed by atoms with Gasteiger partial charge in [0.2, 0.25) is 0 Å². The number of amidine groups is 1. The Morgan fingerprint density at radius 2 is 2.25 bits per heavy atom. The molecule has 0 saturated heterocycles. The number of aliphatic hydroxyl groups is 1. The quantitative estimate of drug-likeness (QED) is 0.409. The predicted molar refractivity (Wildman–Crippen MR) is 69.6 cm³/mol. The van der Waals surface area contributed by atoms with Gasteiger partial charge in [-0.15, -0.1) is 11.8 Å². The zero-order chi connectivity index (χ0) is 12.1. The smallest absolute Gasteiger partial charge is 0.126 e. The van der Waals surface area contributed by atoms with Gasteiger partial charge in [-0.3, -0.25) is 5.41 Å². The number of benzene rings is 1. The second-order valence-corrected chi connectivity index (χ2v) is 4.26. The number of rotatable bonds is 5. The fourth-order valence-electron chi connectivity index (χ4n) is 1.55. The van der Waals surface area contributed by atoms with Crippen molar-refractivity contribution in [3.8, 4) is 0 Å². The van der Waals surface area contributed by atoms with Crippen LogP contribution in [-0.2, 0) is 0 Å². The van der Waals surface area contributed by atoms with Gasteiger partial charge in [-0.05, 0) is 18.4 Å². The van der Waals surface area contributed by atoms with E-state index in [4.69, 9.17) is 16.2 Å². The van der Waals surface area contributed by atoms with Gasteiger partial charge in [-0.25, -0.2) is 0 Å². The minimum Gasteiger partial charge on any atom is -0.395 e. The molecule has 0 aliphatic rings. The van der Waals surface area contributed by atoms with Crippen molar-refractivity contribution in [2.24, 2.45) is 5.73 Å². The first kappa shape index (κ1) is 12.9. The van der Waals surface area contributed by atoms with Crippen LogP contribution in [0.2, 0.25) is 0 Å². The van der Waals surface area contributed by atoms with E-state index in [1.807, 2.05) is 36.4 Å². The van der Waals surface area contributed by atoms with Gasteiger partial charge in [0.15, 0.2) is 0 Å². The van der Waals surface area contributed by atoms with Crippen LogP contribution >= 0.6 is 11.8 Å². The molecule has 0 unspecified atom stereocenters. The van der Waals surface area contributed by atoms with Crippen LogP contribution in [-0.4, -0.2) is 37.4 Å². The molecule has 0 aromatic heterocycles. The van der Waals surface area contributed by atoms with Crippen molar-refractivity contribution < 1.29 is 5.11 Å². The average molecular weight is 239 g/mol. The van der Waals surface area contributed by atoms with Gasteiger partial charge in [0.1, 0.15) is 5.84 Å². The Morgan fingerprint density at radius 1 is 1.56 bits per heavy atom. The number of anilines is 1. The molecule has 0 aliphatic heterocycles. The Hall–Kier alpha value is -1.20. The van der Waals surface area contributed by atoms with Crippen molar-refractivity contribution in [2.45, 2.75) is 4.90 Å². The van der Waals surface area contributed by atoms with Crippen LogP contribution in [0.4, 0.5) is 5.69 Å². The molecule has 1 aromatic rings. The van der Waals surface area contributed by atoms with Crippen LogP contribution in [0.25, 0.3) is 0 Å². The highest BCUT2D eigenvalue weighted by molar-refractivity contribution is 7.98. The highest BCUT2D eigenvalue weighted by atomic mass is 32.2. The topological polar surface area (TPSA) is 73.3 Å². The molecule has 0 saturated carbocycles. The molecule has 0 aliphatic carbocycles. The summed E-state index contributed by atoms with van der Waals surface area (Å²) in [5.41, 5.74) is 7.23. The van der Waals surface area contributed by atoms with Gasteiger partial charge in [0.25, 0.3) is 0 Å². The summed E-state index contributed by atoms with van der Waals surface area (Å²) in [4.78, 5) is 2.88. The first-order valence-electron chi connectivity index (χ1n) is 4.95. The van der Waals surface area contributed by atoms with Crippen molar-refractivity contribution in [1.82, 2.24) is 0 Å². The SMILES string of the molecule is CSc1cccc(N(C)CCO)c1C(=N)N. The summed E-state index contributed by atoms with van der Waals surface area (Å²) < 4.78 is 0. The van der Waals surface area contributed by atoms with Crippen LogP contribution in [0, 0.1) is 5.41 Å². The molecule has 0 bridgehead atoms. The third-order valence-corrected chi connectivity index (χ3v) is 3.12. The molecule has 0 fully saturated rings. The maximum Gasteiger partial charge on any atom is 0.126 e. The Balaban J connectivity index is 3.21. The van der Waals surface area contributed by atoms with E-state index in [0.29, 0.717) is 6.54 Å². The maximum atomic E-state index is 8.92. The molecule has 5 heteroatoms. The van der Waals surface area contributed by atoms with Crippen molar-refractivity contribution in [3.63, 3.8) is 0 Å².